The van der Waals surface area contributed by atoms with Gasteiger partial charge in [0.15, 0.2) is 0 Å². The molecule has 4 heteroatoms. The number of hydrogen-bond donors (Lipinski definition) is 1. The zero-order valence-electron chi connectivity index (χ0n) is 14.2. The Morgan fingerprint density at radius 1 is 1.22 bits per heavy atom. The Balaban J connectivity index is 3.19. The molecule has 1 aromatic carbocycles. The normalized spacial score (nSPS) is 12.6. The summed E-state index contributed by atoms with van der Waals surface area (Å²) in [6, 6.07) is 5.62. The van der Waals surface area contributed by atoms with Gasteiger partial charge in [0.1, 0.15) is 17.3 Å². The molecule has 0 aliphatic heterocycles. The lowest BCUT2D eigenvalue weighted by molar-refractivity contribution is 0.402. The van der Waals surface area contributed by atoms with Crippen LogP contribution < -0.4 is 14.8 Å². The Kier molecular flexibility index (Phi) is 7.40. The van der Waals surface area contributed by atoms with Crippen molar-refractivity contribution in [1.82, 2.24) is 5.32 Å². The first kappa shape index (κ1) is 18.3. The number of nitrogens with zero attached hydrogens (tertiary/aromatic N) is 1. The lowest BCUT2D eigenvalue weighted by atomic mass is 10.1. The lowest BCUT2D eigenvalue weighted by Crippen LogP contribution is -2.18. The molecule has 0 saturated heterocycles. The van der Waals surface area contributed by atoms with E-state index < -0.39 is 0 Å². The molecule has 0 radical (unpaired) electrons. The standard InChI is InChI=1S/C19H24N2O2/c1-7-10-15(8-2)20-14(4)21-18(9-3)17-13-16(22-5)11-12-19(17)23-6/h7-13H,1-2H2,3-6H3,(H,20,21)/b15-10+,18-9-. The van der Waals surface area contributed by atoms with Crippen LogP contribution >= 0.6 is 0 Å². The van der Waals surface area contributed by atoms with E-state index in [2.05, 4.69) is 23.5 Å². The number of benzene rings is 1. The van der Waals surface area contributed by atoms with E-state index in [0.29, 0.717) is 0 Å². The summed E-state index contributed by atoms with van der Waals surface area (Å²) in [5, 5.41) is 3.18. The van der Waals surface area contributed by atoms with E-state index in [4.69, 9.17) is 9.47 Å². The van der Waals surface area contributed by atoms with Crippen molar-refractivity contribution in [2.45, 2.75) is 13.8 Å². The van der Waals surface area contributed by atoms with Gasteiger partial charge in [0.25, 0.3) is 0 Å². The van der Waals surface area contributed by atoms with Crippen LogP contribution in [0.15, 0.2) is 66.4 Å². The van der Waals surface area contributed by atoms with Crippen molar-refractivity contribution in [2.75, 3.05) is 14.2 Å². The van der Waals surface area contributed by atoms with Crippen molar-refractivity contribution in [3.8, 4) is 11.5 Å². The largest absolute Gasteiger partial charge is 0.497 e. The summed E-state index contributed by atoms with van der Waals surface area (Å²) in [5.74, 6) is 2.22. The fraction of sp³-hybridized carbons (Fsp3) is 0.211. The average Bonchev–Trinajstić information content (AvgIpc) is 2.58. The summed E-state index contributed by atoms with van der Waals surface area (Å²) in [7, 11) is 3.27. The number of hydrogen-bond acceptors (Lipinski definition) is 3. The van der Waals surface area contributed by atoms with Crippen LogP contribution in [0.3, 0.4) is 0 Å². The van der Waals surface area contributed by atoms with Crippen LogP contribution in [0, 0.1) is 0 Å². The minimum Gasteiger partial charge on any atom is -0.497 e. The maximum atomic E-state index is 5.42. The minimum absolute atomic E-state index is 0.732. The van der Waals surface area contributed by atoms with E-state index in [9.17, 15) is 0 Å². The average molecular weight is 312 g/mol. The third kappa shape index (κ3) is 5.18. The van der Waals surface area contributed by atoms with Gasteiger partial charge in [-0.05, 0) is 44.2 Å². The predicted octanol–water partition coefficient (Wildman–Crippen LogP) is 4.33. The maximum absolute atomic E-state index is 5.42. The van der Waals surface area contributed by atoms with Gasteiger partial charge in [-0.2, -0.15) is 0 Å². The van der Waals surface area contributed by atoms with Crippen molar-refractivity contribution in [1.29, 1.82) is 0 Å². The smallest absolute Gasteiger partial charge is 0.128 e. The quantitative estimate of drug-likeness (QED) is 0.463. The van der Waals surface area contributed by atoms with Gasteiger partial charge >= 0.3 is 0 Å². The highest BCUT2D eigenvalue weighted by molar-refractivity contribution is 5.88. The SMILES string of the molecule is C=C/C=C(\C=C)N/C(C)=N/C(=C\C)c1cc(OC)ccc1OC. The maximum Gasteiger partial charge on any atom is 0.128 e. The Bertz CT molecular complexity index is 655. The Labute approximate surface area is 138 Å². The lowest BCUT2D eigenvalue weighted by Gasteiger charge is -2.12. The van der Waals surface area contributed by atoms with Crippen LogP contribution in [0.2, 0.25) is 0 Å². The summed E-state index contributed by atoms with van der Waals surface area (Å²) in [5.41, 5.74) is 2.48. The predicted molar refractivity (Wildman–Crippen MR) is 97.9 cm³/mol. The van der Waals surface area contributed by atoms with Crippen LogP contribution in [0.4, 0.5) is 0 Å². The van der Waals surface area contributed by atoms with Gasteiger partial charge in [-0.3, -0.25) is 0 Å². The van der Waals surface area contributed by atoms with Crippen molar-refractivity contribution in [3.63, 3.8) is 0 Å². The third-order valence-electron chi connectivity index (χ3n) is 3.09. The second-order valence-electron chi connectivity index (χ2n) is 4.62. The number of ether oxygens (including phenoxy) is 2. The first-order chi connectivity index (χ1) is 11.1. The number of allylic oxidation sites excluding steroid dienone is 4. The van der Waals surface area contributed by atoms with Gasteiger partial charge in [-0.1, -0.05) is 25.3 Å². The molecule has 0 aliphatic rings. The van der Waals surface area contributed by atoms with Crippen molar-refractivity contribution in [2.24, 2.45) is 4.99 Å². The highest BCUT2D eigenvalue weighted by Gasteiger charge is 2.09. The molecule has 0 aliphatic carbocycles. The zero-order chi connectivity index (χ0) is 17.2. The third-order valence-corrected chi connectivity index (χ3v) is 3.09. The molecule has 0 aromatic heterocycles. The summed E-state index contributed by atoms with van der Waals surface area (Å²) < 4.78 is 10.7. The molecule has 0 amide bonds. The number of amidine groups is 1. The van der Waals surface area contributed by atoms with Crippen LogP contribution in [-0.2, 0) is 0 Å². The molecule has 1 N–H and O–H groups in total. The fourth-order valence-corrected chi connectivity index (χ4v) is 2.00. The Hall–Kier alpha value is -2.75. The summed E-state index contributed by atoms with van der Waals surface area (Å²) in [6.45, 7) is 11.2. The van der Waals surface area contributed by atoms with Gasteiger partial charge in [0.2, 0.25) is 0 Å². The van der Waals surface area contributed by atoms with E-state index in [1.54, 1.807) is 26.4 Å². The van der Waals surface area contributed by atoms with Gasteiger partial charge in [0.05, 0.1) is 19.9 Å². The molecule has 0 saturated carbocycles. The second-order valence-corrected chi connectivity index (χ2v) is 4.62. The molecule has 4 nitrogen and oxygen atoms in total. The highest BCUT2D eigenvalue weighted by atomic mass is 16.5. The Morgan fingerprint density at radius 3 is 2.48 bits per heavy atom. The van der Waals surface area contributed by atoms with E-state index in [1.807, 2.05) is 44.2 Å². The molecule has 122 valence electrons. The van der Waals surface area contributed by atoms with E-state index in [1.165, 1.54) is 0 Å². The van der Waals surface area contributed by atoms with Gasteiger partial charge in [-0.25, -0.2) is 4.99 Å². The van der Waals surface area contributed by atoms with Crippen LogP contribution in [0.25, 0.3) is 5.70 Å². The summed E-state index contributed by atoms with van der Waals surface area (Å²) in [4.78, 5) is 4.63. The van der Waals surface area contributed by atoms with E-state index in [0.717, 1.165) is 34.3 Å². The molecule has 23 heavy (non-hydrogen) atoms. The fourth-order valence-electron chi connectivity index (χ4n) is 2.00. The number of aliphatic imine (C=N–C) groups is 1. The molecular weight excluding hydrogens is 288 g/mol. The monoisotopic (exact) mass is 312 g/mol. The van der Waals surface area contributed by atoms with E-state index in [-0.39, 0.29) is 0 Å². The Morgan fingerprint density at radius 2 is 1.96 bits per heavy atom. The van der Waals surface area contributed by atoms with E-state index >= 15 is 0 Å². The summed E-state index contributed by atoms with van der Waals surface area (Å²) >= 11 is 0. The van der Waals surface area contributed by atoms with Gasteiger partial charge in [0, 0.05) is 11.3 Å². The highest BCUT2D eigenvalue weighted by Crippen LogP contribution is 2.30. The molecule has 0 fully saturated rings. The minimum atomic E-state index is 0.732. The topological polar surface area (TPSA) is 42.9 Å². The number of nitrogens with one attached hydrogen (secondary N) is 1. The molecular formula is C19H24N2O2. The second kappa shape index (κ2) is 9.30. The molecule has 0 bridgehead atoms. The van der Waals surface area contributed by atoms with Gasteiger partial charge in [-0.15, -0.1) is 0 Å². The zero-order valence-corrected chi connectivity index (χ0v) is 14.2. The number of rotatable bonds is 7. The first-order valence-corrected chi connectivity index (χ1v) is 7.25. The summed E-state index contributed by atoms with van der Waals surface area (Å²) in [6.07, 6.45) is 7.15. The molecule has 0 spiro atoms. The molecule has 1 aromatic rings. The molecule has 0 heterocycles. The van der Waals surface area contributed by atoms with Crippen LogP contribution in [0.5, 0.6) is 11.5 Å². The van der Waals surface area contributed by atoms with Crippen molar-refractivity contribution in [3.05, 3.63) is 66.9 Å². The van der Waals surface area contributed by atoms with Gasteiger partial charge < -0.3 is 14.8 Å². The van der Waals surface area contributed by atoms with Crippen molar-refractivity contribution >= 4 is 11.5 Å². The van der Waals surface area contributed by atoms with Crippen molar-refractivity contribution < 1.29 is 9.47 Å². The molecule has 0 atom stereocenters. The molecule has 0 unspecified atom stereocenters. The van der Waals surface area contributed by atoms with Crippen LogP contribution in [0.1, 0.15) is 19.4 Å². The molecule has 1 rings (SSSR count). The number of methoxy groups -OCH3 is 2. The van der Waals surface area contributed by atoms with Crippen LogP contribution in [-0.4, -0.2) is 20.1 Å². The first-order valence-electron chi connectivity index (χ1n) is 7.25.